The van der Waals surface area contributed by atoms with Crippen molar-refractivity contribution in [3.63, 3.8) is 0 Å². The maximum atomic E-state index is 13.3. The van der Waals surface area contributed by atoms with Crippen LogP contribution < -0.4 is 10.6 Å². The minimum Gasteiger partial charge on any atom is -0.366 e. The molecule has 5 nitrogen and oxygen atoms in total. The first-order valence-electron chi connectivity index (χ1n) is 8.96. The van der Waals surface area contributed by atoms with Crippen molar-refractivity contribution in [2.45, 2.75) is 31.4 Å². The monoisotopic (exact) mass is 383 g/mol. The van der Waals surface area contributed by atoms with Gasteiger partial charge < -0.3 is 10.6 Å². The summed E-state index contributed by atoms with van der Waals surface area (Å²) in [6.07, 6.45) is 2.49. The average molecular weight is 383 g/mol. The lowest BCUT2D eigenvalue weighted by atomic mass is 9.88. The van der Waals surface area contributed by atoms with Gasteiger partial charge >= 0.3 is 0 Å². The van der Waals surface area contributed by atoms with Gasteiger partial charge in [0.15, 0.2) is 5.84 Å². The Morgan fingerprint density at radius 3 is 2.75 bits per heavy atom. The normalized spacial score (nSPS) is 17.8. The quantitative estimate of drug-likeness (QED) is 0.706. The molecule has 1 aliphatic heterocycles. The van der Waals surface area contributed by atoms with E-state index in [4.69, 9.17) is 0 Å². The van der Waals surface area contributed by atoms with E-state index >= 15 is 0 Å². The number of nitrogens with one attached hydrogen (secondary N) is 2. The van der Waals surface area contributed by atoms with Crippen LogP contribution in [0.4, 0.5) is 24.7 Å². The highest BCUT2D eigenvalue weighted by Crippen LogP contribution is 2.39. The number of pyridine rings is 2. The van der Waals surface area contributed by atoms with Crippen molar-refractivity contribution >= 4 is 28.1 Å². The first-order chi connectivity index (χ1) is 13.5. The van der Waals surface area contributed by atoms with Crippen LogP contribution >= 0.6 is 0 Å². The zero-order chi connectivity index (χ0) is 19.3. The SMILES string of the molecule is Fc1cnc2c(c1)CN=C2Nc1ccc2c(NC3CC(F)(F)C3)nccc2c1. The number of rotatable bonds is 3. The fourth-order valence-electron chi connectivity index (χ4n) is 3.62. The Kier molecular flexibility index (Phi) is 3.75. The summed E-state index contributed by atoms with van der Waals surface area (Å²) in [6.45, 7) is 0.389. The summed E-state index contributed by atoms with van der Waals surface area (Å²) in [5.74, 6) is -1.75. The van der Waals surface area contributed by atoms with E-state index in [0.29, 0.717) is 23.9 Å². The summed E-state index contributed by atoms with van der Waals surface area (Å²) >= 11 is 0. The molecular formula is C20H16F3N5. The zero-order valence-corrected chi connectivity index (χ0v) is 14.7. The molecule has 1 saturated carbocycles. The highest BCUT2D eigenvalue weighted by Gasteiger charge is 2.45. The largest absolute Gasteiger partial charge is 0.366 e. The van der Waals surface area contributed by atoms with Crippen molar-refractivity contribution in [2.24, 2.45) is 4.99 Å². The Morgan fingerprint density at radius 2 is 1.93 bits per heavy atom. The van der Waals surface area contributed by atoms with Crippen LogP contribution in [-0.4, -0.2) is 27.8 Å². The fraction of sp³-hybridized carbons (Fsp3) is 0.250. The van der Waals surface area contributed by atoms with Crippen molar-refractivity contribution < 1.29 is 13.2 Å². The Balaban J connectivity index is 1.38. The minimum atomic E-state index is -2.57. The van der Waals surface area contributed by atoms with E-state index in [1.165, 1.54) is 12.3 Å². The number of nitrogens with zero attached hydrogens (tertiary/aromatic N) is 3. The van der Waals surface area contributed by atoms with Crippen molar-refractivity contribution in [1.82, 2.24) is 9.97 Å². The van der Waals surface area contributed by atoms with Gasteiger partial charge in [0.25, 0.3) is 5.92 Å². The van der Waals surface area contributed by atoms with Crippen molar-refractivity contribution in [1.29, 1.82) is 0 Å². The van der Waals surface area contributed by atoms with Gasteiger partial charge in [0.2, 0.25) is 0 Å². The van der Waals surface area contributed by atoms with Gasteiger partial charge in [0, 0.05) is 41.7 Å². The molecular weight excluding hydrogens is 367 g/mol. The lowest BCUT2D eigenvalue weighted by molar-refractivity contribution is -0.0793. The van der Waals surface area contributed by atoms with E-state index in [2.05, 4.69) is 25.6 Å². The molecule has 1 fully saturated rings. The number of amidine groups is 1. The lowest BCUT2D eigenvalue weighted by Gasteiger charge is -2.35. The van der Waals surface area contributed by atoms with Gasteiger partial charge in [-0.2, -0.15) is 0 Å². The Bertz CT molecular complexity index is 1100. The molecule has 28 heavy (non-hydrogen) atoms. The maximum absolute atomic E-state index is 13.3. The van der Waals surface area contributed by atoms with Crippen LogP contribution in [-0.2, 0) is 6.54 Å². The number of aliphatic imine (C=N–C) groups is 1. The van der Waals surface area contributed by atoms with Crippen LogP contribution in [0.15, 0.2) is 47.7 Å². The molecule has 0 bridgehead atoms. The van der Waals surface area contributed by atoms with E-state index < -0.39 is 5.92 Å². The van der Waals surface area contributed by atoms with Crippen LogP contribution in [0.2, 0.25) is 0 Å². The number of hydrogen-bond donors (Lipinski definition) is 2. The third-order valence-corrected chi connectivity index (χ3v) is 5.02. The molecule has 3 aromatic rings. The van der Waals surface area contributed by atoms with E-state index in [9.17, 15) is 13.2 Å². The first-order valence-corrected chi connectivity index (χ1v) is 8.96. The van der Waals surface area contributed by atoms with E-state index in [1.807, 2.05) is 24.3 Å². The number of alkyl halides is 2. The van der Waals surface area contributed by atoms with Crippen molar-refractivity contribution in [2.75, 3.05) is 10.6 Å². The second-order valence-corrected chi connectivity index (χ2v) is 7.15. The number of fused-ring (bicyclic) bond motifs is 2. The molecule has 0 spiro atoms. The number of benzene rings is 1. The van der Waals surface area contributed by atoms with Crippen LogP contribution in [0.25, 0.3) is 10.8 Å². The highest BCUT2D eigenvalue weighted by atomic mass is 19.3. The van der Waals surface area contributed by atoms with Gasteiger partial charge in [-0.05, 0) is 35.7 Å². The van der Waals surface area contributed by atoms with Crippen LogP contribution in [0, 0.1) is 5.82 Å². The van der Waals surface area contributed by atoms with Gasteiger partial charge in [-0.25, -0.2) is 23.1 Å². The molecule has 0 atom stereocenters. The molecule has 3 heterocycles. The van der Waals surface area contributed by atoms with Crippen LogP contribution in [0.3, 0.4) is 0 Å². The Morgan fingerprint density at radius 1 is 1.07 bits per heavy atom. The van der Waals surface area contributed by atoms with Gasteiger partial charge in [-0.15, -0.1) is 0 Å². The molecule has 2 N–H and O–H groups in total. The number of anilines is 2. The zero-order valence-electron chi connectivity index (χ0n) is 14.7. The average Bonchev–Trinajstić information content (AvgIpc) is 3.02. The van der Waals surface area contributed by atoms with E-state index in [-0.39, 0.29) is 24.7 Å². The number of halogens is 3. The minimum absolute atomic E-state index is 0.169. The van der Waals surface area contributed by atoms with Gasteiger partial charge in [0.1, 0.15) is 17.3 Å². The van der Waals surface area contributed by atoms with Crippen molar-refractivity contribution in [3.8, 4) is 0 Å². The summed E-state index contributed by atoms with van der Waals surface area (Å²) in [5, 5.41) is 8.11. The first kappa shape index (κ1) is 17.0. The highest BCUT2D eigenvalue weighted by molar-refractivity contribution is 6.10. The summed E-state index contributed by atoms with van der Waals surface area (Å²) in [7, 11) is 0. The molecule has 0 amide bonds. The molecule has 2 aromatic heterocycles. The Labute approximate surface area is 158 Å². The molecule has 8 heteroatoms. The maximum Gasteiger partial charge on any atom is 0.252 e. The summed E-state index contributed by atoms with van der Waals surface area (Å²) < 4.78 is 39.5. The van der Waals surface area contributed by atoms with Gasteiger partial charge in [-0.3, -0.25) is 4.99 Å². The van der Waals surface area contributed by atoms with Gasteiger partial charge in [0.05, 0.1) is 12.7 Å². The molecule has 2 aliphatic rings. The smallest absolute Gasteiger partial charge is 0.252 e. The summed E-state index contributed by atoms with van der Waals surface area (Å²) in [4.78, 5) is 12.8. The van der Waals surface area contributed by atoms with Crippen molar-refractivity contribution in [3.05, 3.63) is 59.8 Å². The van der Waals surface area contributed by atoms with Gasteiger partial charge in [-0.1, -0.05) is 0 Å². The predicted octanol–water partition coefficient (Wildman–Crippen LogP) is 4.35. The molecule has 5 rings (SSSR count). The molecule has 142 valence electrons. The summed E-state index contributed by atoms with van der Waals surface area (Å²) in [5.41, 5.74) is 2.19. The molecule has 1 aromatic carbocycles. The topological polar surface area (TPSA) is 62.2 Å². The molecule has 0 radical (unpaired) electrons. The predicted molar refractivity (Wildman–Crippen MR) is 101 cm³/mol. The van der Waals surface area contributed by atoms with E-state index in [1.54, 1.807) is 6.20 Å². The number of hydrogen-bond acceptors (Lipinski definition) is 5. The van der Waals surface area contributed by atoms with Crippen LogP contribution in [0.1, 0.15) is 24.1 Å². The molecule has 0 unspecified atom stereocenters. The lowest BCUT2D eigenvalue weighted by Crippen LogP contribution is -2.44. The van der Waals surface area contributed by atoms with E-state index in [0.717, 1.165) is 22.0 Å². The fourth-order valence-corrected chi connectivity index (χ4v) is 3.62. The second-order valence-electron chi connectivity index (χ2n) is 7.15. The second kappa shape index (κ2) is 6.19. The number of aromatic nitrogens is 2. The third kappa shape index (κ3) is 3.04. The Hall–Kier alpha value is -3.16. The molecule has 1 aliphatic carbocycles. The molecule has 0 saturated heterocycles. The standard InChI is InChI=1S/C20H16F3N5/c21-13-5-12-9-26-19(17(12)25-10-13)27-14-1-2-16-11(6-14)3-4-24-18(16)28-15-7-20(22,23)8-15/h1-6,10,15H,7-9H2,(H,24,28)(H,26,27). The summed E-state index contributed by atoms with van der Waals surface area (Å²) in [6, 6.07) is 8.73. The van der Waals surface area contributed by atoms with Crippen LogP contribution in [0.5, 0.6) is 0 Å². The third-order valence-electron chi connectivity index (χ3n) is 5.02.